The van der Waals surface area contributed by atoms with Gasteiger partial charge in [-0.1, -0.05) is 45.7 Å². The molecular weight excluding hydrogens is 328 g/mol. The van der Waals surface area contributed by atoms with Crippen molar-refractivity contribution in [3.63, 3.8) is 0 Å². The Kier molecular flexibility index (Phi) is 4.61. The van der Waals surface area contributed by atoms with Gasteiger partial charge in [-0.2, -0.15) is 0 Å². The van der Waals surface area contributed by atoms with Crippen LogP contribution in [-0.4, -0.2) is 12.9 Å². The predicted molar refractivity (Wildman–Crippen MR) is 80.2 cm³/mol. The van der Waals surface area contributed by atoms with E-state index in [4.69, 9.17) is 16.3 Å². The first kappa shape index (κ1) is 14.1. The van der Waals surface area contributed by atoms with Crippen molar-refractivity contribution in [3.8, 4) is 5.75 Å². The number of benzene rings is 2. The van der Waals surface area contributed by atoms with Gasteiger partial charge in [0.05, 0.1) is 12.7 Å². The molecule has 0 spiro atoms. The monoisotopic (exact) mass is 338 g/mol. The molecule has 0 aromatic heterocycles. The van der Waals surface area contributed by atoms with Gasteiger partial charge in [-0.25, -0.2) is 0 Å². The van der Waals surface area contributed by atoms with Crippen LogP contribution < -0.4 is 4.74 Å². The summed E-state index contributed by atoms with van der Waals surface area (Å²) in [4.78, 5) is 12.3. The molecule has 0 N–H and O–H groups in total. The van der Waals surface area contributed by atoms with E-state index in [9.17, 15) is 4.79 Å². The molecular formula is C15H12BrClO2. The molecule has 19 heavy (non-hydrogen) atoms. The van der Waals surface area contributed by atoms with Crippen LogP contribution in [0.1, 0.15) is 15.9 Å². The van der Waals surface area contributed by atoms with Crippen molar-refractivity contribution in [2.75, 3.05) is 7.11 Å². The van der Waals surface area contributed by atoms with Crippen LogP contribution >= 0.6 is 27.5 Å². The second kappa shape index (κ2) is 6.22. The molecule has 4 heteroatoms. The number of rotatable bonds is 4. The number of hydrogen-bond donors (Lipinski definition) is 0. The van der Waals surface area contributed by atoms with E-state index in [1.165, 1.54) is 7.11 Å². The predicted octanol–water partition coefficient (Wildman–Crippen LogP) is 4.54. The third kappa shape index (κ3) is 3.37. The van der Waals surface area contributed by atoms with Crippen molar-refractivity contribution < 1.29 is 9.53 Å². The van der Waals surface area contributed by atoms with Crippen molar-refractivity contribution in [1.29, 1.82) is 0 Å². The van der Waals surface area contributed by atoms with Gasteiger partial charge in [0, 0.05) is 15.9 Å². The second-order valence-electron chi connectivity index (χ2n) is 4.04. The van der Waals surface area contributed by atoms with Crippen molar-refractivity contribution in [1.82, 2.24) is 0 Å². The molecule has 0 heterocycles. The molecule has 0 aliphatic heterocycles. The molecule has 2 aromatic carbocycles. The fourth-order valence-electron chi connectivity index (χ4n) is 1.81. The summed E-state index contributed by atoms with van der Waals surface area (Å²) in [6, 6.07) is 12.7. The molecule has 0 radical (unpaired) electrons. The van der Waals surface area contributed by atoms with Gasteiger partial charge in [-0.05, 0) is 29.8 Å². The zero-order chi connectivity index (χ0) is 13.8. The highest BCUT2D eigenvalue weighted by molar-refractivity contribution is 9.10. The first-order valence-corrected chi connectivity index (χ1v) is 6.89. The number of halogens is 2. The fraction of sp³-hybridized carbons (Fsp3) is 0.133. The summed E-state index contributed by atoms with van der Waals surface area (Å²) in [5.41, 5.74) is 1.49. The normalized spacial score (nSPS) is 10.3. The zero-order valence-corrected chi connectivity index (χ0v) is 12.7. The maximum absolute atomic E-state index is 12.3. The van der Waals surface area contributed by atoms with Crippen molar-refractivity contribution in [2.24, 2.45) is 0 Å². The van der Waals surface area contributed by atoms with E-state index < -0.39 is 0 Å². The molecule has 0 atom stereocenters. The lowest BCUT2D eigenvalue weighted by Gasteiger charge is -2.09. The SMILES string of the molecule is COc1cc(Cl)ccc1C(=O)Cc1ccccc1Br. The average molecular weight is 340 g/mol. The topological polar surface area (TPSA) is 26.3 Å². The largest absolute Gasteiger partial charge is 0.496 e. The highest BCUT2D eigenvalue weighted by Gasteiger charge is 2.14. The number of carbonyl (C=O) groups excluding carboxylic acids is 1. The minimum atomic E-state index is 0.000386. The molecule has 0 fully saturated rings. The Labute approximate surface area is 125 Å². The van der Waals surface area contributed by atoms with E-state index >= 15 is 0 Å². The minimum absolute atomic E-state index is 0.000386. The van der Waals surface area contributed by atoms with Crippen molar-refractivity contribution >= 4 is 33.3 Å². The number of carbonyl (C=O) groups is 1. The van der Waals surface area contributed by atoms with E-state index in [0.29, 0.717) is 22.8 Å². The van der Waals surface area contributed by atoms with Crippen molar-refractivity contribution in [2.45, 2.75) is 6.42 Å². The summed E-state index contributed by atoms with van der Waals surface area (Å²) in [6.45, 7) is 0. The van der Waals surface area contributed by atoms with Crippen LogP contribution in [0.5, 0.6) is 5.75 Å². The molecule has 98 valence electrons. The Balaban J connectivity index is 2.28. The lowest BCUT2D eigenvalue weighted by Crippen LogP contribution is -2.06. The molecule has 0 aliphatic carbocycles. The highest BCUT2D eigenvalue weighted by Crippen LogP contribution is 2.25. The van der Waals surface area contributed by atoms with Gasteiger partial charge in [0.15, 0.2) is 5.78 Å². The number of methoxy groups -OCH3 is 1. The van der Waals surface area contributed by atoms with Crippen LogP contribution in [0, 0.1) is 0 Å². The number of Topliss-reactive ketones (excluding diaryl/α,β-unsaturated/α-hetero) is 1. The first-order chi connectivity index (χ1) is 9.11. The van der Waals surface area contributed by atoms with Gasteiger partial charge in [0.2, 0.25) is 0 Å². The van der Waals surface area contributed by atoms with Crippen LogP contribution in [0.3, 0.4) is 0 Å². The highest BCUT2D eigenvalue weighted by atomic mass is 79.9. The standard InChI is InChI=1S/C15H12BrClO2/c1-19-15-9-11(17)6-7-12(15)14(18)8-10-4-2-3-5-13(10)16/h2-7,9H,8H2,1H3. The average Bonchev–Trinajstić information content (AvgIpc) is 2.41. The van der Waals surface area contributed by atoms with E-state index in [1.807, 2.05) is 24.3 Å². The minimum Gasteiger partial charge on any atom is -0.496 e. The van der Waals surface area contributed by atoms with Gasteiger partial charge in [0.1, 0.15) is 5.75 Å². The lowest BCUT2D eigenvalue weighted by molar-refractivity contribution is 0.0990. The van der Waals surface area contributed by atoms with E-state index in [0.717, 1.165) is 10.0 Å². The summed E-state index contributed by atoms with van der Waals surface area (Å²) in [7, 11) is 1.53. The molecule has 0 bridgehead atoms. The molecule has 2 rings (SSSR count). The summed E-state index contributed by atoms with van der Waals surface area (Å²) < 4.78 is 6.13. The molecule has 0 saturated heterocycles. The van der Waals surface area contributed by atoms with Gasteiger partial charge >= 0.3 is 0 Å². The van der Waals surface area contributed by atoms with Crippen LogP contribution in [0.2, 0.25) is 5.02 Å². The number of ketones is 1. The third-order valence-corrected chi connectivity index (χ3v) is 3.78. The van der Waals surface area contributed by atoms with Crippen LogP contribution in [0.15, 0.2) is 46.9 Å². The number of ether oxygens (including phenoxy) is 1. The van der Waals surface area contributed by atoms with Crippen molar-refractivity contribution in [3.05, 3.63) is 63.1 Å². The summed E-state index contributed by atoms with van der Waals surface area (Å²) in [5.74, 6) is 0.505. The Hall–Kier alpha value is -1.32. The second-order valence-corrected chi connectivity index (χ2v) is 5.33. The molecule has 0 saturated carbocycles. The van der Waals surface area contributed by atoms with Gasteiger partial charge in [-0.15, -0.1) is 0 Å². The first-order valence-electron chi connectivity index (χ1n) is 5.72. The van der Waals surface area contributed by atoms with Crippen LogP contribution in [0.4, 0.5) is 0 Å². The molecule has 2 aromatic rings. The maximum atomic E-state index is 12.3. The summed E-state index contributed by atoms with van der Waals surface area (Å²) in [6.07, 6.45) is 0.319. The third-order valence-electron chi connectivity index (χ3n) is 2.77. The zero-order valence-electron chi connectivity index (χ0n) is 10.3. The van der Waals surface area contributed by atoms with E-state index in [1.54, 1.807) is 18.2 Å². The molecule has 2 nitrogen and oxygen atoms in total. The Morgan fingerprint density at radius 2 is 2.00 bits per heavy atom. The number of hydrogen-bond acceptors (Lipinski definition) is 2. The van der Waals surface area contributed by atoms with Gasteiger partial charge < -0.3 is 4.74 Å². The quantitative estimate of drug-likeness (QED) is 0.765. The maximum Gasteiger partial charge on any atom is 0.170 e. The summed E-state index contributed by atoms with van der Waals surface area (Å²) in [5, 5.41) is 0.550. The fourth-order valence-corrected chi connectivity index (χ4v) is 2.39. The van der Waals surface area contributed by atoms with E-state index in [-0.39, 0.29) is 5.78 Å². The molecule has 0 amide bonds. The van der Waals surface area contributed by atoms with Crippen LogP contribution in [0.25, 0.3) is 0 Å². The smallest absolute Gasteiger partial charge is 0.170 e. The van der Waals surface area contributed by atoms with E-state index in [2.05, 4.69) is 15.9 Å². The van der Waals surface area contributed by atoms with Gasteiger partial charge in [-0.3, -0.25) is 4.79 Å². The van der Waals surface area contributed by atoms with Crippen LogP contribution in [-0.2, 0) is 6.42 Å². The Morgan fingerprint density at radius 1 is 1.26 bits per heavy atom. The molecule has 0 aliphatic rings. The summed E-state index contributed by atoms with van der Waals surface area (Å²) >= 11 is 9.33. The Bertz CT molecular complexity index is 611. The van der Waals surface area contributed by atoms with Gasteiger partial charge in [0.25, 0.3) is 0 Å². The molecule has 0 unspecified atom stereocenters. The lowest BCUT2D eigenvalue weighted by atomic mass is 10.0. The Morgan fingerprint density at radius 3 is 2.68 bits per heavy atom.